The molecule has 2 aliphatic rings. The molecule has 15 heteroatoms. The van der Waals surface area contributed by atoms with Crippen LogP contribution in [0.1, 0.15) is 39.9 Å². The quantitative estimate of drug-likeness (QED) is 0.0697. The highest BCUT2D eigenvalue weighted by Crippen LogP contribution is 2.41. The molecule has 0 aliphatic carbocycles. The van der Waals surface area contributed by atoms with Gasteiger partial charge in [-0.05, 0) is 114 Å². The molecular weight excluding hydrogens is 918 g/mol. The van der Waals surface area contributed by atoms with E-state index in [1.54, 1.807) is 42.7 Å². The van der Waals surface area contributed by atoms with Crippen molar-refractivity contribution in [2.45, 2.75) is 52.1 Å². The molecule has 0 saturated heterocycles. The maximum absolute atomic E-state index is 13.4. The van der Waals surface area contributed by atoms with E-state index in [-0.39, 0.29) is 32.9 Å². The van der Waals surface area contributed by atoms with Gasteiger partial charge in [-0.15, -0.1) is 0 Å². The Balaban J connectivity index is 0.789. The van der Waals surface area contributed by atoms with E-state index in [4.69, 9.17) is 40.4 Å². The van der Waals surface area contributed by atoms with Crippen LogP contribution in [0.25, 0.3) is 44.5 Å². The minimum absolute atomic E-state index is 0.122. The number of pyridine rings is 2. The number of ether oxygens (including phenoxy) is 5. The van der Waals surface area contributed by atoms with Crippen molar-refractivity contribution < 1.29 is 33.6 Å². The van der Waals surface area contributed by atoms with E-state index in [9.17, 15) is 15.2 Å². The molecule has 1 atom stereocenters. The Bertz CT molecular complexity index is 3280. The number of benzene rings is 5. The van der Waals surface area contributed by atoms with Gasteiger partial charge in [0.2, 0.25) is 5.91 Å². The summed E-state index contributed by atoms with van der Waals surface area (Å²) < 4.78 is 32.5. The van der Waals surface area contributed by atoms with Gasteiger partial charge in [-0.1, -0.05) is 54.1 Å². The molecule has 10 rings (SSSR count). The number of nitrogens with one attached hydrogen (secondary N) is 2. The maximum atomic E-state index is 13.4. The Morgan fingerprint density at radius 2 is 1.73 bits per heavy atom. The molecule has 0 bridgehead atoms. The van der Waals surface area contributed by atoms with E-state index in [0.717, 1.165) is 92.1 Å². The molecule has 2 aliphatic heterocycles. The number of aromatic nitrogens is 4. The number of aliphatic hydroxyl groups excluding tert-OH is 1. The largest absolute Gasteiger partial charge is 0.492 e. The molecule has 1 amide bonds. The minimum Gasteiger partial charge on any atom is -0.492 e. The van der Waals surface area contributed by atoms with Crippen molar-refractivity contribution in [3.63, 3.8) is 0 Å². The summed E-state index contributed by atoms with van der Waals surface area (Å²) in [7, 11) is 0. The number of hydrogen-bond acceptors (Lipinski definition) is 12. The lowest BCUT2D eigenvalue weighted by atomic mass is 9.96. The van der Waals surface area contributed by atoms with E-state index in [0.29, 0.717) is 46.6 Å². The van der Waals surface area contributed by atoms with Gasteiger partial charge in [0.25, 0.3) is 0 Å². The average molecular weight is 969 g/mol. The molecule has 71 heavy (non-hydrogen) atoms. The van der Waals surface area contributed by atoms with Gasteiger partial charge in [0.05, 0.1) is 41.0 Å². The van der Waals surface area contributed by atoms with Crippen LogP contribution >= 0.6 is 11.6 Å². The van der Waals surface area contributed by atoms with Crippen LogP contribution in [0.2, 0.25) is 5.02 Å². The van der Waals surface area contributed by atoms with Crippen LogP contribution < -0.4 is 34.3 Å². The molecule has 0 saturated carbocycles. The Kier molecular flexibility index (Phi) is 14.1. The molecule has 5 heterocycles. The molecule has 358 valence electrons. The first-order valence-corrected chi connectivity index (χ1v) is 23.9. The fourth-order valence-electron chi connectivity index (χ4n) is 9.04. The van der Waals surface area contributed by atoms with E-state index in [2.05, 4.69) is 44.3 Å². The van der Waals surface area contributed by atoms with Gasteiger partial charge in [0, 0.05) is 59.8 Å². The van der Waals surface area contributed by atoms with Crippen molar-refractivity contribution in [1.82, 2.24) is 30.4 Å². The third-order valence-electron chi connectivity index (χ3n) is 12.7. The Hall–Kier alpha value is -7.96. The summed E-state index contributed by atoms with van der Waals surface area (Å²) in [4.78, 5) is 22.7. The van der Waals surface area contributed by atoms with Crippen molar-refractivity contribution in [3.8, 4) is 68.5 Å². The summed E-state index contributed by atoms with van der Waals surface area (Å²) in [5.41, 5.74) is 11.7. The minimum atomic E-state index is -0.959. The highest BCUT2D eigenvalue weighted by atomic mass is 35.5. The number of fused-ring (bicyclic) bond motifs is 3. The number of nitrogens with zero attached hydrogens (tertiary/aromatic N) is 5. The molecule has 14 nitrogen and oxygen atoms in total. The number of amides is 1. The fraction of sp³-hybridized carbons (Fsp3) is 0.232. The van der Waals surface area contributed by atoms with Crippen molar-refractivity contribution in [2.75, 3.05) is 33.0 Å². The Labute approximate surface area is 415 Å². The summed E-state index contributed by atoms with van der Waals surface area (Å²) in [6, 6.07) is 37.5. The molecule has 0 radical (unpaired) electrons. The van der Waals surface area contributed by atoms with E-state index in [1.165, 1.54) is 5.69 Å². The third-order valence-corrected chi connectivity index (χ3v) is 13.0. The molecule has 0 spiro atoms. The molecule has 3 aromatic heterocycles. The topological polar surface area (TPSA) is 175 Å². The number of carbonyl (C=O) groups is 1. The number of aryl methyl sites for hydroxylation is 1. The zero-order valence-electron chi connectivity index (χ0n) is 39.0. The number of aliphatic hydroxyl groups is 1. The highest BCUT2D eigenvalue weighted by Gasteiger charge is 2.26. The summed E-state index contributed by atoms with van der Waals surface area (Å²) in [5, 5.41) is 32.2. The normalized spacial score (nSPS) is 13.0. The van der Waals surface area contributed by atoms with Crippen molar-refractivity contribution in [1.29, 1.82) is 5.26 Å². The van der Waals surface area contributed by atoms with Gasteiger partial charge in [-0.2, -0.15) is 10.4 Å². The van der Waals surface area contributed by atoms with Crippen LogP contribution in [0.3, 0.4) is 0 Å². The molecular formula is C56H50ClN7O7. The van der Waals surface area contributed by atoms with Crippen LogP contribution in [-0.4, -0.2) is 69.8 Å². The van der Waals surface area contributed by atoms with Crippen LogP contribution in [0.4, 0.5) is 0 Å². The van der Waals surface area contributed by atoms with Crippen molar-refractivity contribution in [2.24, 2.45) is 0 Å². The average Bonchev–Trinajstić information content (AvgIpc) is 4.02. The number of rotatable bonds is 18. The highest BCUT2D eigenvalue weighted by molar-refractivity contribution is 6.32. The van der Waals surface area contributed by atoms with E-state index < -0.39 is 18.6 Å². The van der Waals surface area contributed by atoms with Crippen LogP contribution in [0, 0.1) is 18.3 Å². The molecule has 0 fully saturated rings. The zero-order chi connectivity index (χ0) is 48.7. The van der Waals surface area contributed by atoms with Gasteiger partial charge < -0.3 is 34.1 Å². The van der Waals surface area contributed by atoms with Gasteiger partial charge in [0.15, 0.2) is 11.5 Å². The monoisotopic (exact) mass is 967 g/mol. The lowest BCUT2D eigenvalue weighted by Crippen LogP contribution is -2.47. The van der Waals surface area contributed by atoms with Gasteiger partial charge in [0.1, 0.15) is 62.0 Å². The first-order valence-electron chi connectivity index (χ1n) is 23.5. The SMILES string of the molecule is Cc1c(COc2cc(OCc3cccc(C#N)c3)c(CN[C@H](CO)C(=O)NCCOc3ccc4c(-c5c(-c6ccccn6)nn6c5CCC6)ccnc4c3)cc2Cl)cccc1-c1ccc2c(c1)OCCO2. The number of hydrogen-bond donors (Lipinski definition) is 3. The summed E-state index contributed by atoms with van der Waals surface area (Å²) in [6.45, 7) is 4.35. The number of carbonyl (C=O) groups excluding carboxylic acids is 1. The van der Waals surface area contributed by atoms with E-state index >= 15 is 0 Å². The Morgan fingerprint density at radius 1 is 0.859 bits per heavy atom. The summed E-state index contributed by atoms with van der Waals surface area (Å²) in [5.74, 6) is 2.50. The first-order chi connectivity index (χ1) is 34.8. The fourth-order valence-corrected chi connectivity index (χ4v) is 9.28. The van der Waals surface area contributed by atoms with Gasteiger partial charge in [-0.3, -0.25) is 24.8 Å². The summed E-state index contributed by atoms with van der Waals surface area (Å²) in [6.07, 6.45) is 5.57. The maximum Gasteiger partial charge on any atom is 0.239 e. The lowest BCUT2D eigenvalue weighted by Gasteiger charge is -2.20. The predicted molar refractivity (Wildman–Crippen MR) is 270 cm³/mol. The Morgan fingerprint density at radius 3 is 2.59 bits per heavy atom. The molecule has 8 aromatic rings. The standard InChI is InChI=1S/C56H50ClN7O7/c1-35-39(9-5-10-42(35)38-13-16-50-53(27-38)69-24-23-68-50)34-71-52-29-51(70-33-37-8-4-7-36(25-37)30-58)40(26-45(52)57)31-62-48(32-65)56(66)61-20-22-67-41-14-15-43-44(17-19-60-47(43)28-41)54-49-12-6-21-64(49)63-55(54)46-11-2-3-18-59-46/h2-5,7-11,13-19,25-29,48,62,65H,6,12,20-24,31-34H2,1H3,(H,61,66)/t48-/m1/s1. The predicted octanol–water partition coefficient (Wildman–Crippen LogP) is 9.18. The van der Waals surface area contributed by atoms with Crippen LogP contribution in [-0.2, 0) is 37.5 Å². The number of halogens is 1. The molecule has 5 aromatic carbocycles. The van der Waals surface area contributed by atoms with Crippen LogP contribution in [0.5, 0.6) is 28.7 Å². The van der Waals surface area contributed by atoms with Crippen molar-refractivity contribution in [3.05, 3.63) is 166 Å². The molecule has 3 N–H and O–H groups in total. The third kappa shape index (κ3) is 10.3. The smallest absolute Gasteiger partial charge is 0.239 e. The second kappa shape index (κ2) is 21.4. The summed E-state index contributed by atoms with van der Waals surface area (Å²) >= 11 is 6.90. The van der Waals surface area contributed by atoms with Crippen molar-refractivity contribution >= 4 is 28.4 Å². The first kappa shape index (κ1) is 46.8. The van der Waals surface area contributed by atoms with Crippen LogP contribution in [0.15, 0.2) is 128 Å². The lowest BCUT2D eigenvalue weighted by molar-refractivity contribution is -0.124. The number of nitriles is 1. The zero-order valence-corrected chi connectivity index (χ0v) is 39.7. The second-order valence-corrected chi connectivity index (χ2v) is 17.6. The van der Waals surface area contributed by atoms with Gasteiger partial charge in [-0.25, -0.2) is 0 Å². The molecule has 0 unspecified atom stereocenters. The van der Waals surface area contributed by atoms with E-state index in [1.807, 2.05) is 78.9 Å². The van der Waals surface area contributed by atoms with Gasteiger partial charge >= 0.3 is 0 Å². The second-order valence-electron chi connectivity index (χ2n) is 17.2.